The molecule has 0 spiro atoms. The third-order valence-corrected chi connectivity index (χ3v) is 4.14. The molecule has 0 aromatic carbocycles. The minimum atomic E-state index is -0.908. The monoisotopic (exact) mass is 344 g/mol. The molecule has 24 heavy (non-hydrogen) atoms. The summed E-state index contributed by atoms with van der Waals surface area (Å²) >= 11 is 0. The van der Waals surface area contributed by atoms with Crippen molar-refractivity contribution in [2.24, 2.45) is 0 Å². The maximum atomic E-state index is 10.9. The largest absolute Gasteiger partial charge is 0.469 e. The Labute approximate surface area is 146 Å². The molecule has 0 bridgehead atoms. The van der Waals surface area contributed by atoms with Crippen LogP contribution in [-0.2, 0) is 9.53 Å². The highest BCUT2D eigenvalue weighted by atomic mass is 16.5. The number of rotatable bonds is 15. The first-order chi connectivity index (χ1) is 11.5. The number of hydrogen-bond acceptors (Lipinski definition) is 5. The number of carbonyl (C=O) groups excluding carboxylic acids is 1. The molecule has 0 aromatic heterocycles. The summed E-state index contributed by atoms with van der Waals surface area (Å²) in [6.07, 6.45) is 10.3. The van der Waals surface area contributed by atoms with E-state index in [1.165, 1.54) is 13.2 Å². The first-order valence-electron chi connectivity index (χ1n) is 9.30. The SMILES string of the molecule is CCCCC[C@H](O)[C@@H](O)/C=C/[C@@H](O)CCCCCCCC(=O)OC. The van der Waals surface area contributed by atoms with Gasteiger partial charge in [0.05, 0.1) is 25.4 Å². The van der Waals surface area contributed by atoms with Crippen molar-refractivity contribution in [2.75, 3.05) is 7.11 Å². The number of esters is 1. The van der Waals surface area contributed by atoms with Gasteiger partial charge in [0.15, 0.2) is 0 Å². The van der Waals surface area contributed by atoms with Crippen molar-refractivity contribution in [3.8, 4) is 0 Å². The molecule has 0 aliphatic carbocycles. The Morgan fingerprint density at radius 1 is 0.917 bits per heavy atom. The highest BCUT2D eigenvalue weighted by molar-refractivity contribution is 5.68. The summed E-state index contributed by atoms with van der Waals surface area (Å²) in [6, 6.07) is 0. The van der Waals surface area contributed by atoms with Crippen molar-refractivity contribution >= 4 is 5.97 Å². The highest BCUT2D eigenvalue weighted by Crippen LogP contribution is 2.11. The molecule has 0 aromatic rings. The Morgan fingerprint density at radius 3 is 2.21 bits per heavy atom. The number of unbranched alkanes of at least 4 members (excludes halogenated alkanes) is 6. The third-order valence-electron chi connectivity index (χ3n) is 4.14. The zero-order valence-corrected chi connectivity index (χ0v) is 15.3. The van der Waals surface area contributed by atoms with Gasteiger partial charge in [0.25, 0.3) is 0 Å². The van der Waals surface area contributed by atoms with Gasteiger partial charge in [0.1, 0.15) is 0 Å². The van der Waals surface area contributed by atoms with Gasteiger partial charge in [-0.15, -0.1) is 0 Å². The third kappa shape index (κ3) is 13.5. The summed E-state index contributed by atoms with van der Waals surface area (Å²) in [5, 5.41) is 29.5. The van der Waals surface area contributed by atoms with E-state index in [4.69, 9.17) is 0 Å². The highest BCUT2D eigenvalue weighted by Gasteiger charge is 2.13. The Kier molecular flexibility index (Phi) is 15.0. The Bertz CT molecular complexity index is 330. The van der Waals surface area contributed by atoms with Crippen LogP contribution in [0.2, 0.25) is 0 Å². The fraction of sp³-hybridized carbons (Fsp3) is 0.842. The van der Waals surface area contributed by atoms with Crippen LogP contribution in [0.25, 0.3) is 0 Å². The van der Waals surface area contributed by atoms with Crippen molar-refractivity contribution in [2.45, 2.75) is 95.9 Å². The Hall–Kier alpha value is -0.910. The molecule has 142 valence electrons. The molecule has 0 aliphatic rings. The number of methoxy groups -OCH3 is 1. The Morgan fingerprint density at radius 2 is 1.54 bits per heavy atom. The standard InChI is InChI=1S/C19H36O5/c1-3-4-8-12-17(21)18(22)15-14-16(20)11-9-6-5-7-10-13-19(23)24-2/h14-18,20-22H,3-13H2,1-2H3/b15-14+/t16-,17-,18-/m0/s1. The van der Waals surface area contributed by atoms with E-state index in [0.717, 1.165) is 51.4 Å². The second-order valence-electron chi connectivity index (χ2n) is 6.39. The van der Waals surface area contributed by atoms with Gasteiger partial charge in [-0.25, -0.2) is 0 Å². The van der Waals surface area contributed by atoms with Crippen LogP contribution in [0, 0.1) is 0 Å². The van der Waals surface area contributed by atoms with Crippen LogP contribution >= 0.6 is 0 Å². The average molecular weight is 344 g/mol. The molecule has 0 amide bonds. The van der Waals surface area contributed by atoms with E-state index in [1.807, 2.05) is 0 Å². The van der Waals surface area contributed by atoms with Crippen molar-refractivity contribution < 1.29 is 24.9 Å². The van der Waals surface area contributed by atoms with Crippen LogP contribution in [0.4, 0.5) is 0 Å². The van der Waals surface area contributed by atoms with E-state index >= 15 is 0 Å². The number of carbonyl (C=O) groups is 1. The van der Waals surface area contributed by atoms with Crippen LogP contribution in [-0.4, -0.2) is 46.7 Å². The number of aliphatic hydroxyl groups is 3. The molecule has 0 fully saturated rings. The van der Waals surface area contributed by atoms with Crippen molar-refractivity contribution in [3.63, 3.8) is 0 Å². The fourth-order valence-electron chi connectivity index (χ4n) is 2.50. The van der Waals surface area contributed by atoms with E-state index in [2.05, 4.69) is 11.7 Å². The van der Waals surface area contributed by atoms with E-state index < -0.39 is 18.3 Å². The normalized spacial score (nSPS) is 15.4. The molecule has 0 heterocycles. The van der Waals surface area contributed by atoms with E-state index in [0.29, 0.717) is 19.3 Å². The second kappa shape index (κ2) is 15.6. The van der Waals surface area contributed by atoms with Crippen LogP contribution in [0.3, 0.4) is 0 Å². The van der Waals surface area contributed by atoms with Gasteiger partial charge < -0.3 is 20.1 Å². The first kappa shape index (κ1) is 23.1. The minimum Gasteiger partial charge on any atom is -0.469 e. The molecule has 0 rings (SSSR count). The van der Waals surface area contributed by atoms with Crippen molar-refractivity contribution in [1.82, 2.24) is 0 Å². The molecule has 5 nitrogen and oxygen atoms in total. The van der Waals surface area contributed by atoms with Crippen LogP contribution in [0.15, 0.2) is 12.2 Å². The van der Waals surface area contributed by atoms with Gasteiger partial charge in [0, 0.05) is 6.42 Å². The minimum absolute atomic E-state index is 0.161. The molecule has 0 aliphatic heterocycles. The second-order valence-corrected chi connectivity index (χ2v) is 6.39. The zero-order valence-electron chi connectivity index (χ0n) is 15.3. The summed E-state index contributed by atoms with van der Waals surface area (Å²) in [5.74, 6) is -0.161. The van der Waals surface area contributed by atoms with Crippen LogP contribution in [0.5, 0.6) is 0 Å². The molecular formula is C19H36O5. The van der Waals surface area contributed by atoms with Gasteiger partial charge in [0.2, 0.25) is 0 Å². The smallest absolute Gasteiger partial charge is 0.305 e. The summed E-state index contributed by atoms with van der Waals surface area (Å²) in [7, 11) is 1.40. The van der Waals surface area contributed by atoms with Gasteiger partial charge >= 0.3 is 5.97 Å². The summed E-state index contributed by atoms with van der Waals surface area (Å²) in [4.78, 5) is 10.9. The number of hydrogen-bond donors (Lipinski definition) is 3. The zero-order chi connectivity index (χ0) is 18.2. The predicted octanol–water partition coefficient (Wildman–Crippen LogP) is 3.11. The van der Waals surface area contributed by atoms with E-state index in [1.54, 1.807) is 6.08 Å². The topological polar surface area (TPSA) is 87.0 Å². The Balaban J connectivity index is 3.66. The quantitative estimate of drug-likeness (QED) is 0.241. The van der Waals surface area contributed by atoms with Crippen LogP contribution in [0.1, 0.15) is 77.6 Å². The lowest BCUT2D eigenvalue weighted by Crippen LogP contribution is -2.24. The predicted molar refractivity (Wildman–Crippen MR) is 95.6 cm³/mol. The molecule has 0 saturated carbocycles. The van der Waals surface area contributed by atoms with Crippen molar-refractivity contribution in [1.29, 1.82) is 0 Å². The molecule has 3 atom stereocenters. The molecule has 0 unspecified atom stereocenters. The summed E-state index contributed by atoms with van der Waals surface area (Å²) in [6.45, 7) is 2.10. The maximum Gasteiger partial charge on any atom is 0.305 e. The van der Waals surface area contributed by atoms with Gasteiger partial charge in [-0.05, 0) is 19.3 Å². The lowest BCUT2D eigenvalue weighted by atomic mass is 10.0. The van der Waals surface area contributed by atoms with E-state index in [-0.39, 0.29) is 5.97 Å². The fourth-order valence-corrected chi connectivity index (χ4v) is 2.50. The van der Waals surface area contributed by atoms with Gasteiger partial charge in [-0.1, -0.05) is 64.0 Å². The first-order valence-corrected chi connectivity index (χ1v) is 9.30. The van der Waals surface area contributed by atoms with Crippen molar-refractivity contribution in [3.05, 3.63) is 12.2 Å². The molecular weight excluding hydrogens is 308 g/mol. The number of ether oxygens (including phenoxy) is 1. The van der Waals surface area contributed by atoms with Gasteiger partial charge in [-0.2, -0.15) is 0 Å². The summed E-state index contributed by atoms with van der Waals surface area (Å²) < 4.78 is 4.58. The summed E-state index contributed by atoms with van der Waals surface area (Å²) in [5.41, 5.74) is 0. The van der Waals surface area contributed by atoms with Gasteiger partial charge in [-0.3, -0.25) is 4.79 Å². The lowest BCUT2D eigenvalue weighted by Gasteiger charge is -2.14. The molecule has 5 heteroatoms. The average Bonchev–Trinajstić information content (AvgIpc) is 2.58. The van der Waals surface area contributed by atoms with E-state index in [9.17, 15) is 20.1 Å². The molecule has 0 radical (unpaired) electrons. The van der Waals surface area contributed by atoms with Crippen LogP contribution < -0.4 is 0 Å². The molecule has 3 N–H and O–H groups in total. The molecule has 0 saturated heterocycles. The number of aliphatic hydroxyl groups excluding tert-OH is 3. The lowest BCUT2D eigenvalue weighted by molar-refractivity contribution is -0.140. The maximum absolute atomic E-state index is 10.9.